The molecule has 4 N–H and O–H groups in total. The number of carboxylic acid groups (broad SMARTS) is 1. The molecule has 2 aromatic rings. The van der Waals surface area contributed by atoms with Gasteiger partial charge in [-0.2, -0.15) is 5.10 Å². The molecule has 106 valence electrons. The molecule has 0 saturated carbocycles. The second kappa shape index (κ2) is 5.60. The molecule has 0 bridgehead atoms. The number of halogens is 1. The van der Waals surface area contributed by atoms with Gasteiger partial charge in [-0.3, -0.25) is 4.68 Å². The van der Waals surface area contributed by atoms with E-state index in [4.69, 9.17) is 10.8 Å². The number of rotatable bonds is 5. The second-order valence-corrected chi connectivity index (χ2v) is 4.42. The summed E-state index contributed by atoms with van der Waals surface area (Å²) in [6.45, 7) is 0.543. The highest BCUT2D eigenvalue weighted by Gasteiger charge is 2.13. The normalized spacial score (nSPS) is 10.5. The minimum absolute atomic E-state index is 0.204. The first-order valence-corrected chi connectivity index (χ1v) is 6.01. The monoisotopic (exact) mass is 278 g/mol. The van der Waals surface area contributed by atoms with Gasteiger partial charge in [-0.1, -0.05) is 0 Å². The van der Waals surface area contributed by atoms with Crippen molar-refractivity contribution in [1.29, 1.82) is 0 Å². The van der Waals surface area contributed by atoms with Crippen molar-refractivity contribution in [2.45, 2.75) is 6.42 Å². The number of nitrogens with zero attached hydrogens (tertiary/aromatic N) is 2. The molecule has 0 unspecified atom stereocenters. The van der Waals surface area contributed by atoms with Crippen molar-refractivity contribution < 1.29 is 14.3 Å². The van der Waals surface area contributed by atoms with Crippen LogP contribution in [0.1, 0.15) is 15.9 Å². The van der Waals surface area contributed by atoms with Crippen LogP contribution in [-0.4, -0.2) is 27.4 Å². The van der Waals surface area contributed by atoms with Crippen LogP contribution in [0.4, 0.5) is 15.8 Å². The average Bonchev–Trinajstić information content (AvgIpc) is 2.78. The number of aryl methyl sites for hydroxylation is 1. The maximum Gasteiger partial charge on any atom is 0.338 e. The number of carbonyl (C=O) groups is 1. The Morgan fingerprint density at radius 3 is 2.90 bits per heavy atom. The lowest BCUT2D eigenvalue weighted by Gasteiger charge is -2.10. The molecule has 6 nitrogen and oxygen atoms in total. The molecule has 1 aromatic carbocycles. The van der Waals surface area contributed by atoms with Gasteiger partial charge in [-0.25, -0.2) is 9.18 Å². The molecule has 0 atom stereocenters. The summed E-state index contributed by atoms with van der Waals surface area (Å²) >= 11 is 0. The number of anilines is 2. The van der Waals surface area contributed by atoms with Crippen LogP contribution in [0.25, 0.3) is 0 Å². The topological polar surface area (TPSA) is 93.2 Å². The highest BCUT2D eigenvalue weighted by atomic mass is 19.1. The van der Waals surface area contributed by atoms with Crippen LogP contribution in [0.15, 0.2) is 24.5 Å². The van der Waals surface area contributed by atoms with Crippen LogP contribution >= 0.6 is 0 Å². The third kappa shape index (κ3) is 3.05. The van der Waals surface area contributed by atoms with Gasteiger partial charge in [-0.05, 0) is 24.1 Å². The summed E-state index contributed by atoms with van der Waals surface area (Å²) in [7, 11) is 1.83. The third-order valence-corrected chi connectivity index (χ3v) is 2.86. The van der Waals surface area contributed by atoms with Crippen molar-refractivity contribution in [2.75, 3.05) is 17.6 Å². The van der Waals surface area contributed by atoms with Crippen LogP contribution in [0.2, 0.25) is 0 Å². The van der Waals surface area contributed by atoms with Gasteiger partial charge >= 0.3 is 5.97 Å². The van der Waals surface area contributed by atoms with Gasteiger partial charge < -0.3 is 16.2 Å². The number of nitrogen functional groups attached to an aromatic ring is 1. The zero-order valence-corrected chi connectivity index (χ0v) is 10.9. The summed E-state index contributed by atoms with van der Waals surface area (Å²) in [4.78, 5) is 10.8. The maximum absolute atomic E-state index is 13.5. The molecule has 0 aliphatic rings. The van der Waals surface area contributed by atoms with E-state index in [0.29, 0.717) is 18.7 Å². The van der Waals surface area contributed by atoms with Crippen molar-refractivity contribution in [3.8, 4) is 0 Å². The molecule has 0 radical (unpaired) electrons. The van der Waals surface area contributed by atoms with Crippen molar-refractivity contribution in [3.63, 3.8) is 0 Å². The van der Waals surface area contributed by atoms with Crippen molar-refractivity contribution in [3.05, 3.63) is 41.5 Å². The molecule has 0 amide bonds. The smallest absolute Gasteiger partial charge is 0.338 e. The molecular weight excluding hydrogens is 263 g/mol. The van der Waals surface area contributed by atoms with Gasteiger partial charge in [0.05, 0.1) is 23.1 Å². The Labute approximate surface area is 115 Å². The first-order valence-electron chi connectivity index (χ1n) is 6.01. The van der Waals surface area contributed by atoms with Gasteiger partial charge in [-0.15, -0.1) is 0 Å². The number of nitrogens with two attached hydrogens (primary N) is 1. The maximum atomic E-state index is 13.5. The summed E-state index contributed by atoms with van der Waals surface area (Å²) in [6, 6.07) is 2.21. The standard InChI is InChI=1S/C13H15FN4O2/c1-18-7-8(6-17-18)2-3-16-12-5-10(14)9(13(19)20)4-11(12)15/h4-7,16H,2-3,15H2,1H3,(H,19,20). The van der Waals surface area contributed by atoms with Crippen molar-refractivity contribution in [2.24, 2.45) is 7.05 Å². The van der Waals surface area contributed by atoms with E-state index < -0.39 is 17.3 Å². The summed E-state index contributed by atoms with van der Waals surface area (Å²) < 4.78 is 15.2. The Balaban J connectivity index is 2.03. The molecule has 0 aliphatic heterocycles. The Morgan fingerprint density at radius 1 is 1.55 bits per heavy atom. The molecule has 0 fully saturated rings. The molecule has 0 spiro atoms. The lowest BCUT2D eigenvalue weighted by atomic mass is 10.1. The lowest BCUT2D eigenvalue weighted by molar-refractivity contribution is 0.0692. The van der Waals surface area contributed by atoms with Gasteiger partial charge in [0.2, 0.25) is 0 Å². The zero-order chi connectivity index (χ0) is 14.7. The van der Waals surface area contributed by atoms with Crippen LogP contribution in [0, 0.1) is 5.82 Å². The van der Waals surface area contributed by atoms with E-state index in [1.807, 2.05) is 13.2 Å². The third-order valence-electron chi connectivity index (χ3n) is 2.86. The Hall–Kier alpha value is -2.57. The molecule has 2 rings (SSSR count). The quantitative estimate of drug-likeness (QED) is 0.721. The van der Waals surface area contributed by atoms with E-state index in [-0.39, 0.29) is 5.69 Å². The van der Waals surface area contributed by atoms with E-state index in [1.54, 1.807) is 10.9 Å². The highest BCUT2D eigenvalue weighted by molar-refractivity contribution is 5.90. The van der Waals surface area contributed by atoms with Gasteiger partial charge in [0.25, 0.3) is 0 Å². The zero-order valence-electron chi connectivity index (χ0n) is 10.9. The minimum Gasteiger partial charge on any atom is -0.478 e. The SMILES string of the molecule is Cn1cc(CCNc2cc(F)c(C(=O)O)cc2N)cn1. The Bertz CT molecular complexity index is 639. The molecule has 0 saturated heterocycles. The van der Waals surface area contributed by atoms with Gasteiger partial charge in [0.15, 0.2) is 0 Å². The Kier molecular flexibility index (Phi) is 3.88. The number of aromatic nitrogens is 2. The average molecular weight is 278 g/mol. The second-order valence-electron chi connectivity index (χ2n) is 4.42. The number of hydrogen-bond acceptors (Lipinski definition) is 4. The fraction of sp³-hybridized carbons (Fsp3) is 0.231. The Morgan fingerprint density at radius 2 is 2.30 bits per heavy atom. The van der Waals surface area contributed by atoms with Crippen LogP contribution < -0.4 is 11.1 Å². The van der Waals surface area contributed by atoms with Gasteiger partial charge in [0.1, 0.15) is 5.82 Å². The van der Waals surface area contributed by atoms with Crippen LogP contribution in [0.3, 0.4) is 0 Å². The number of carboxylic acids is 1. The number of nitrogens with one attached hydrogen (secondary N) is 1. The lowest BCUT2D eigenvalue weighted by Crippen LogP contribution is -2.09. The predicted octanol–water partition coefficient (Wildman–Crippen LogP) is 1.49. The van der Waals surface area contributed by atoms with Crippen LogP contribution in [-0.2, 0) is 13.5 Å². The summed E-state index contributed by atoms with van der Waals surface area (Å²) in [5.41, 5.74) is 6.90. The summed E-state index contributed by atoms with van der Waals surface area (Å²) in [5, 5.41) is 15.8. The molecule has 1 heterocycles. The number of benzene rings is 1. The molecule has 20 heavy (non-hydrogen) atoms. The molecule has 0 aliphatic carbocycles. The molecule has 1 aromatic heterocycles. The van der Waals surface area contributed by atoms with E-state index >= 15 is 0 Å². The summed E-state index contributed by atoms with van der Waals surface area (Å²) in [5.74, 6) is -2.15. The fourth-order valence-corrected chi connectivity index (χ4v) is 1.85. The largest absolute Gasteiger partial charge is 0.478 e. The van der Waals surface area contributed by atoms with E-state index in [0.717, 1.165) is 17.7 Å². The van der Waals surface area contributed by atoms with Crippen molar-refractivity contribution >= 4 is 17.3 Å². The fourth-order valence-electron chi connectivity index (χ4n) is 1.85. The summed E-state index contributed by atoms with van der Waals surface area (Å²) in [6.07, 6.45) is 4.34. The van der Waals surface area contributed by atoms with Crippen molar-refractivity contribution in [1.82, 2.24) is 9.78 Å². The molecule has 7 heteroatoms. The van der Waals surface area contributed by atoms with E-state index in [2.05, 4.69) is 10.4 Å². The highest BCUT2D eigenvalue weighted by Crippen LogP contribution is 2.23. The first kappa shape index (κ1) is 13.9. The van der Waals surface area contributed by atoms with E-state index in [9.17, 15) is 9.18 Å². The van der Waals surface area contributed by atoms with E-state index in [1.165, 1.54) is 0 Å². The minimum atomic E-state index is -1.34. The molecular formula is C13H15FN4O2. The number of aromatic carboxylic acids is 1. The predicted molar refractivity (Wildman–Crippen MR) is 73.2 cm³/mol. The number of hydrogen-bond donors (Lipinski definition) is 3. The van der Waals surface area contributed by atoms with Crippen LogP contribution in [0.5, 0.6) is 0 Å². The first-order chi connectivity index (χ1) is 9.47. The van der Waals surface area contributed by atoms with Gasteiger partial charge in [0, 0.05) is 19.8 Å².